The van der Waals surface area contributed by atoms with Gasteiger partial charge in [-0.1, -0.05) is 0 Å². The molecule has 0 saturated heterocycles. The van der Waals surface area contributed by atoms with Gasteiger partial charge < -0.3 is 21.9 Å². The predicted molar refractivity (Wildman–Crippen MR) is 78.4 cm³/mol. The first kappa shape index (κ1) is 13.8. The molecule has 0 amide bonds. The Kier molecular flexibility index (Phi) is 4.17. The Morgan fingerprint density at radius 2 is 1.85 bits per heavy atom. The lowest BCUT2D eigenvalue weighted by atomic mass is 10.1. The maximum Gasteiger partial charge on any atom is 0.203 e. The zero-order valence-corrected chi connectivity index (χ0v) is 10.8. The highest BCUT2D eigenvalue weighted by Gasteiger charge is 2.16. The third kappa shape index (κ3) is 3.24. The number of allylic oxidation sites excluding steroid dienone is 2. The molecule has 0 fully saturated rings. The molecular formula is C14H16N4O2. The van der Waals surface area contributed by atoms with Crippen LogP contribution in [0.3, 0.4) is 0 Å². The fourth-order valence-electron chi connectivity index (χ4n) is 1.70. The highest BCUT2D eigenvalue weighted by molar-refractivity contribution is 6.21. The van der Waals surface area contributed by atoms with Crippen LogP contribution in [0.15, 0.2) is 52.8 Å². The van der Waals surface area contributed by atoms with Crippen molar-refractivity contribution >= 4 is 22.9 Å². The molecule has 1 aliphatic rings. The predicted octanol–water partition coefficient (Wildman–Crippen LogP) is 0.232. The van der Waals surface area contributed by atoms with Crippen LogP contribution in [0.1, 0.15) is 0 Å². The van der Waals surface area contributed by atoms with Crippen molar-refractivity contribution in [3.8, 4) is 0 Å². The van der Waals surface area contributed by atoms with Crippen LogP contribution in [-0.4, -0.2) is 29.8 Å². The number of carbonyl (C=O) groups excluding carboxylic acids is 1. The van der Waals surface area contributed by atoms with Crippen LogP contribution in [-0.2, 0) is 4.79 Å². The second kappa shape index (κ2) is 6.03. The average Bonchev–Trinajstić information content (AvgIpc) is 2.43. The van der Waals surface area contributed by atoms with Crippen LogP contribution in [0.2, 0.25) is 0 Å². The van der Waals surface area contributed by atoms with Crippen molar-refractivity contribution < 1.29 is 9.90 Å². The van der Waals surface area contributed by atoms with Crippen LogP contribution in [0.5, 0.6) is 0 Å². The third-order valence-corrected chi connectivity index (χ3v) is 2.70. The molecule has 0 atom stereocenters. The van der Waals surface area contributed by atoms with Gasteiger partial charge in [0.05, 0.1) is 29.4 Å². The Hall–Kier alpha value is -2.60. The summed E-state index contributed by atoms with van der Waals surface area (Å²) in [6.07, 6.45) is 2.89. The zero-order valence-electron chi connectivity index (χ0n) is 10.8. The maximum absolute atomic E-state index is 11.7. The van der Waals surface area contributed by atoms with E-state index in [0.717, 1.165) is 0 Å². The largest absolute Gasteiger partial charge is 0.399 e. The summed E-state index contributed by atoms with van der Waals surface area (Å²) in [6.45, 7) is 0.231. The molecule has 6 heteroatoms. The summed E-state index contributed by atoms with van der Waals surface area (Å²) in [5.41, 5.74) is 13.9. The van der Waals surface area contributed by atoms with Crippen molar-refractivity contribution in [2.75, 3.05) is 18.9 Å². The Bertz CT molecular complexity index is 600. The zero-order chi connectivity index (χ0) is 14.5. The minimum Gasteiger partial charge on any atom is -0.399 e. The molecule has 6 nitrogen and oxygen atoms in total. The summed E-state index contributed by atoms with van der Waals surface area (Å²) >= 11 is 0. The second-order valence-corrected chi connectivity index (χ2v) is 4.26. The van der Waals surface area contributed by atoms with Gasteiger partial charge in [-0.15, -0.1) is 0 Å². The molecule has 1 aromatic rings. The van der Waals surface area contributed by atoms with Gasteiger partial charge in [0, 0.05) is 18.3 Å². The summed E-state index contributed by atoms with van der Waals surface area (Å²) < 4.78 is 0. The Labute approximate surface area is 116 Å². The van der Waals surface area contributed by atoms with Gasteiger partial charge in [0.1, 0.15) is 0 Å². The fourth-order valence-corrected chi connectivity index (χ4v) is 1.70. The first-order valence-corrected chi connectivity index (χ1v) is 6.12. The van der Waals surface area contributed by atoms with Crippen LogP contribution in [0.25, 0.3) is 0 Å². The normalized spacial score (nSPS) is 16.9. The number of rotatable bonds is 4. The quantitative estimate of drug-likeness (QED) is 0.463. The van der Waals surface area contributed by atoms with E-state index in [1.54, 1.807) is 30.3 Å². The highest BCUT2D eigenvalue weighted by atomic mass is 16.3. The van der Waals surface area contributed by atoms with Crippen molar-refractivity contribution in [2.24, 2.45) is 10.7 Å². The molecule has 104 valence electrons. The van der Waals surface area contributed by atoms with Crippen LogP contribution in [0.4, 0.5) is 11.4 Å². The van der Waals surface area contributed by atoms with E-state index >= 15 is 0 Å². The van der Waals surface area contributed by atoms with Crippen LogP contribution < -0.4 is 16.8 Å². The number of nitrogens with zero attached hydrogens (tertiary/aromatic N) is 1. The number of nitrogens with two attached hydrogens (primary N) is 2. The first-order chi connectivity index (χ1) is 9.60. The SMILES string of the molecule is NC1=CC(=O)C(NCCO)=C/C1=N/c1ccc(N)cc1. The van der Waals surface area contributed by atoms with Gasteiger partial charge in [-0.25, -0.2) is 4.99 Å². The topological polar surface area (TPSA) is 114 Å². The number of benzene rings is 1. The maximum atomic E-state index is 11.7. The van der Waals surface area contributed by atoms with Crippen LogP contribution >= 0.6 is 0 Å². The number of nitrogen functional groups attached to an aromatic ring is 1. The van der Waals surface area contributed by atoms with E-state index < -0.39 is 0 Å². The minimum absolute atomic E-state index is 0.0613. The summed E-state index contributed by atoms with van der Waals surface area (Å²) in [6, 6.07) is 7.01. The molecule has 0 bridgehead atoms. The number of hydrogen-bond donors (Lipinski definition) is 4. The summed E-state index contributed by atoms with van der Waals surface area (Å²) in [7, 11) is 0. The van der Waals surface area contributed by atoms with Crippen molar-refractivity contribution in [3.05, 3.63) is 47.8 Å². The molecule has 0 spiro atoms. The molecular weight excluding hydrogens is 256 g/mol. The number of nitrogens with one attached hydrogen (secondary N) is 1. The lowest BCUT2D eigenvalue weighted by molar-refractivity contribution is -0.111. The number of ketones is 1. The van der Waals surface area contributed by atoms with E-state index in [1.165, 1.54) is 6.08 Å². The van der Waals surface area contributed by atoms with Gasteiger partial charge in [-0.3, -0.25) is 4.79 Å². The van der Waals surface area contributed by atoms with E-state index in [0.29, 0.717) is 35.0 Å². The number of aliphatic hydroxyl groups is 1. The third-order valence-electron chi connectivity index (χ3n) is 2.70. The molecule has 0 aliphatic heterocycles. The molecule has 1 aromatic carbocycles. The molecule has 6 N–H and O–H groups in total. The molecule has 2 rings (SSSR count). The van der Waals surface area contributed by atoms with Gasteiger partial charge in [0.2, 0.25) is 5.78 Å². The monoisotopic (exact) mass is 272 g/mol. The van der Waals surface area contributed by atoms with Crippen LogP contribution in [0, 0.1) is 0 Å². The number of anilines is 1. The van der Waals surface area contributed by atoms with Gasteiger partial charge in [-0.05, 0) is 30.3 Å². The number of aliphatic imine (C=N–C) groups is 1. The fraction of sp³-hybridized carbons (Fsp3) is 0.143. The molecule has 0 unspecified atom stereocenters. The second-order valence-electron chi connectivity index (χ2n) is 4.26. The standard InChI is InChI=1S/C14H16N4O2/c15-9-1-3-10(4-2-9)18-12-8-13(17-5-6-19)14(20)7-11(12)16/h1-4,7-8,17,19H,5-6,15-16H2/b18-12-. The summed E-state index contributed by atoms with van der Waals surface area (Å²) in [4.78, 5) is 16.1. The average molecular weight is 272 g/mol. The Balaban J connectivity index is 2.28. The summed E-state index contributed by atoms with van der Waals surface area (Å²) in [5, 5.41) is 11.6. The van der Waals surface area contributed by atoms with Crippen molar-refractivity contribution in [1.82, 2.24) is 5.32 Å². The lowest BCUT2D eigenvalue weighted by Crippen LogP contribution is -2.28. The smallest absolute Gasteiger partial charge is 0.203 e. The van der Waals surface area contributed by atoms with Gasteiger partial charge in [0.25, 0.3) is 0 Å². The van der Waals surface area contributed by atoms with Crippen molar-refractivity contribution in [2.45, 2.75) is 0 Å². The molecule has 20 heavy (non-hydrogen) atoms. The molecule has 0 aromatic heterocycles. The first-order valence-electron chi connectivity index (χ1n) is 6.12. The Morgan fingerprint density at radius 1 is 1.15 bits per heavy atom. The minimum atomic E-state index is -0.229. The van der Waals surface area contributed by atoms with E-state index in [4.69, 9.17) is 16.6 Å². The number of carbonyl (C=O) groups is 1. The van der Waals surface area contributed by atoms with Crippen molar-refractivity contribution in [1.29, 1.82) is 0 Å². The van der Waals surface area contributed by atoms with E-state index in [2.05, 4.69) is 10.3 Å². The van der Waals surface area contributed by atoms with E-state index in [-0.39, 0.29) is 12.4 Å². The van der Waals surface area contributed by atoms with Crippen molar-refractivity contribution in [3.63, 3.8) is 0 Å². The van der Waals surface area contributed by atoms with Gasteiger partial charge in [-0.2, -0.15) is 0 Å². The molecule has 0 heterocycles. The van der Waals surface area contributed by atoms with Gasteiger partial charge >= 0.3 is 0 Å². The molecule has 0 radical (unpaired) electrons. The molecule has 1 aliphatic carbocycles. The highest BCUT2D eigenvalue weighted by Crippen LogP contribution is 2.17. The lowest BCUT2D eigenvalue weighted by Gasteiger charge is -2.13. The van der Waals surface area contributed by atoms with E-state index in [9.17, 15) is 4.79 Å². The summed E-state index contributed by atoms with van der Waals surface area (Å²) in [5.74, 6) is -0.229. The van der Waals surface area contributed by atoms with E-state index in [1.807, 2.05) is 0 Å². The Morgan fingerprint density at radius 3 is 2.50 bits per heavy atom. The van der Waals surface area contributed by atoms with Gasteiger partial charge in [0.15, 0.2) is 0 Å². The molecule has 0 saturated carbocycles. The number of aliphatic hydroxyl groups excluding tert-OH is 1. The number of hydrogen-bond acceptors (Lipinski definition) is 6.